The van der Waals surface area contributed by atoms with Gasteiger partial charge in [0.2, 0.25) is 5.43 Å². The minimum atomic E-state index is -0.194. The average Bonchev–Trinajstić information content (AvgIpc) is 3.06. The molecule has 0 unspecified atom stereocenters. The molecule has 0 bridgehead atoms. The third-order valence-corrected chi connectivity index (χ3v) is 4.59. The summed E-state index contributed by atoms with van der Waals surface area (Å²) in [6.07, 6.45) is 0. The maximum Gasteiger partial charge on any atom is 0.302 e. The summed E-state index contributed by atoms with van der Waals surface area (Å²) in [7, 11) is 0. The first-order chi connectivity index (χ1) is 11.7. The molecule has 1 aliphatic heterocycles. The number of fused-ring (bicyclic) bond motifs is 2. The van der Waals surface area contributed by atoms with E-state index in [1.807, 2.05) is 0 Å². The first-order valence-electron chi connectivity index (χ1n) is 8.14. The Morgan fingerprint density at radius 2 is 1.83 bits per heavy atom. The van der Waals surface area contributed by atoms with Crippen LogP contribution in [-0.2, 0) is 0 Å². The standard InChI is InChI=1S/C18H18N2O4/c1-2-19-7-9-20(10-8-19)17(22)15-11-13-16(21)12-5-3-4-6-14(12)23-18(13)24-15/h3-6,11H,2,7-10H2,1H3. The predicted molar refractivity (Wildman–Crippen MR) is 90.3 cm³/mol. The molecule has 3 heterocycles. The molecule has 6 nitrogen and oxygen atoms in total. The van der Waals surface area contributed by atoms with Crippen molar-refractivity contribution >= 4 is 28.0 Å². The molecule has 2 aromatic heterocycles. The van der Waals surface area contributed by atoms with Crippen LogP contribution in [0.4, 0.5) is 0 Å². The third-order valence-electron chi connectivity index (χ3n) is 4.59. The van der Waals surface area contributed by atoms with Crippen molar-refractivity contribution in [3.8, 4) is 0 Å². The molecule has 1 amide bonds. The van der Waals surface area contributed by atoms with Gasteiger partial charge in [-0.15, -0.1) is 0 Å². The largest absolute Gasteiger partial charge is 0.425 e. The van der Waals surface area contributed by atoms with Crippen LogP contribution in [0, 0.1) is 0 Å². The molecule has 0 aliphatic carbocycles. The molecule has 124 valence electrons. The van der Waals surface area contributed by atoms with Crippen molar-refractivity contribution in [1.29, 1.82) is 0 Å². The smallest absolute Gasteiger partial charge is 0.302 e. The van der Waals surface area contributed by atoms with Crippen molar-refractivity contribution < 1.29 is 13.6 Å². The van der Waals surface area contributed by atoms with Gasteiger partial charge in [-0.05, 0) is 18.7 Å². The molecule has 1 saturated heterocycles. The highest BCUT2D eigenvalue weighted by Gasteiger charge is 2.25. The van der Waals surface area contributed by atoms with Crippen molar-refractivity contribution in [3.05, 3.63) is 46.3 Å². The van der Waals surface area contributed by atoms with Crippen LogP contribution < -0.4 is 5.43 Å². The van der Waals surface area contributed by atoms with E-state index >= 15 is 0 Å². The Labute approximate surface area is 138 Å². The third kappa shape index (κ3) is 2.39. The summed E-state index contributed by atoms with van der Waals surface area (Å²) in [5, 5.41) is 0.797. The number of benzene rings is 1. The lowest BCUT2D eigenvalue weighted by atomic mass is 10.2. The Bertz CT molecular complexity index is 964. The summed E-state index contributed by atoms with van der Waals surface area (Å²) in [6, 6.07) is 8.50. The fraction of sp³-hybridized carbons (Fsp3) is 0.333. The second-order valence-electron chi connectivity index (χ2n) is 5.97. The maximum absolute atomic E-state index is 12.6. The number of furan rings is 1. The zero-order valence-electron chi connectivity index (χ0n) is 13.4. The van der Waals surface area contributed by atoms with Crippen LogP contribution in [0.1, 0.15) is 17.5 Å². The lowest BCUT2D eigenvalue weighted by Crippen LogP contribution is -2.48. The van der Waals surface area contributed by atoms with Crippen LogP contribution >= 0.6 is 0 Å². The first-order valence-corrected chi connectivity index (χ1v) is 8.14. The molecule has 1 aromatic carbocycles. The van der Waals surface area contributed by atoms with Gasteiger partial charge in [0, 0.05) is 32.2 Å². The Balaban J connectivity index is 1.70. The molecule has 1 aliphatic rings. The van der Waals surface area contributed by atoms with Gasteiger partial charge in [-0.3, -0.25) is 9.59 Å². The molecule has 0 spiro atoms. The van der Waals surface area contributed by atoms with E-state index in [0.717, 1.165) is 19.6 Å². The minimum Gasteiger partial charge on any atom is -0.425 e. The quantitative estimate of drug-likeness (QED) is 0.723. The lowest BCUT2D eigenvalue weighted by Gasteiger charge is -2.33. The van der Waals surface area contributed by atoms with Crippen molar-refractivity contribution in [3.63, 3.8) is 0 Å². The van der Waals surface area contributed by atoms with Crippen LogP contribution in [-0.4, -0.2) is 48.4 Å². The predicted octanol–water partition coefficient (Wildman–Crippen LogP) is 2.32. The number of piperazine rings is 1. The average molecular weight is 326 g/mol. The number of hydrogen-bond donors (Lipinski definition) is 0. The highest BCUT2D eigenvalue weighted by Crippen LogP contribution is 2.22. The number of carbonyl (C=O) groups is 1. The SMILES string of the molecule is CCN1CCN(C(=O)c2cc3c(=O)c4ccccc4oc3o2)CC1. The number of likely N-dealkylation sites (N-methyl/N-ethyl adjacent to an activating group) is 1. The number of rotatable bonds is 2. The van der Waals surface area contributed by atoms with Crippen LogP contribution in [0.3, 0.4) is 0 Å². The minimum absolute atomic E-state index is 0.106. The van der Waals surface area contributed by atoms with E-state index in [1.54, 1.807) is 29.2 Å². The number of hydrogen-bond acceptors (Lipinski definition) is 5. The van der Waals surface area contributed by atoms with E-state index in [0.29, 0.717) is 29.4 Å². The Kier molecular flexibility index (Phi) is 3.61. The summed E-state index contributed by atoms with van der Waals surface area (Å²) < 4.78 is 11.2. The Hall–Kier alpha value is -2.60. The molecule has 0 N–H and O–H groups in total. The van der Waals surface area contributed by atoms with E-state index in [-0.39, 0.29) is 22.9 Å². The topological polar surface area (TPSA) is 66.9 Å². The molecule has 1 fully saturated rings. The van der Waals surface area contributed by atoms with Gasteiger partial charge in [0.05, 0.1) is 5.39 Å². The van der Waals surface area contributed by atoms with Crippen LogP contribution in [0.25, 0.3) is 22.1 Å². The highest BCUT2D eigenvalue weighted by molar-refractivity contribution is 5.97. The van der Waals surface area contributed by atoms with Crippen LogP contribution in [0.2, 0.25) is 0 Å². The summed E-state index contributed by atoms with van der Waals surface area (Å²) in [6.45, 7) is 6.11. The summed E-state index contributed by atoms with van der Waals surface area (Å²) in [4.78, 5) is 29.2. The molecule has 0 saturated carbocycles. The van der Waals surface area contributed by atoms with Gasteiger partial charge in [-0.1, -0.05) is 19.1 Å². The molecule has 6 heteroatoms. The van der Waals surface area contributed by atoms with Gasteiger partial charge >= 0.3 is 5.78 Å². The van der Waals surface area contributed by atoms with Gasteiger partial charge in [0.1, 0.15) is 11.0 Å². The van der Waals surface area contributed by atoms with Gasteiger partial charge in [0.25, 0.3) is 5.91 Å². The Morgan fingerprint density at radius 3 is 2.58 bits per heavy atom. The zero-order chi connectivity index (χ0) is 16.7. The van der Waals surface area contributed by atoms with E-state index in [9.17, 15) is 9.59 Å². The van der Waals surface area contributed by atoms with Crippen molar-refractivity contribution in [2.75, 3.05) is 32.7 Å². The summed E-state index contributed by atoms with van der Waals surface area (Å²) >= 11 is 0. The van der Waals surface area contributed by atoms with E-state index in [1.165, 1.54) is 6.07 Å². The second kappa shape index (κ2) is 5.79. The van der Waals surface area contributed by atoms with Crippen molar-refractivity contribution in [1.82, 2.24) is 9.80 Å². The Morgan fingerprint density at radius 1 is 1.08 bits per heavy atom. The molecule has 24 heavy (non-hydrogen) atoms. The van der Waals surface area contributed by atoms with E-state index in [2.05, 4.69) is 11.8 Å². The van der Waals surface area contributed by atoms with Crippen LogP contribution in [0.15, 0.2) is 44.0 Å². The molecule has 4 rings (SSSR count). The summed E-state index contributed by atoms with van der Waals surface area (Å²) in [5.41, 5.74) is 0.283. The molecular weight excluding hydrogens is 308 g/mol. The van der Waals surface area contributed by atoms with Gasteiger partial charge in [-0.2, -0.15) is 0 Å². The van der Waals surface area contributed by atoms with E-state index in [4.69, 9.17) is 8.83 Å². The fourth-order valence-corrected chi connectivity index (χ4v) is 3.12. The molecule has 3 aromatic rings. The monoisotopic (exact) mass is 326 g/mol. The van der Waals surface area contributed by atoms with Crippen molar-refractivity contribution in [2.45, 2.75) is 6.92 Å². The summed E-state index contributed by atoms with van der Waals surface area (Å²) in [5.74, 6) is 0.0703. The molecule has 0 radical (unpaired) electrons. The van der Waals surface area contributed by atoms with Gasteiger partial charge in [0.15, 0.2) is 5.76 Å². The van der Waals surface area contributed by atoms with Gasteiger partial charge in [-0.25, -0.2) is 0 Å². The number of amides is 1. The number of para-hydroxylation sites is 1. The first kappa shape index (κ1) is 15.0. The maximum atomic E-state index is 12.6. The lowest BCUT2D eigenvalue weighted by molar-refractivity contribution is 0.0613. The fourth-order valence-electron chi connectivity index (χ4n) is 3.12. The normalized spacial score (nSPS) is 16.1. The van der Waals surface area contributed by atoms with Gasteiger partial charge < -0.3 is 18.6 Å². The molecule has 0 atom stereocenters. The second-order valence-corrected chi connectivity index (χ2v) is 5.97. The zero-order valence-corrected chi connectivity index (χ0v) is 13.4. The highest BCUT2D eigenvalue weighted by atomic mass is 16.5. The van der Waals surface area contributed by atoms with Crippen LogP contribution in [0.5, 0.6) is 0 Å². The van der Waals surface area contributed by atoms with Crippen molar-refractivity contribution in [2.24, 2.45) is 0 Å². The number of carbonyl (C=O) groups excluding carboxylic acids is 1. The number of nitrogens with zero attached hydrogens (tertiary/aromatic N) is 2. The molecular formula is C18H18N2O4. The van der Waals surface area contributed by atoms with E-state index < -0.39 is 0 Å².